The topological polar surface area (TPSA) is 171 Å². The van der Waals surface area contributed by atoms with Gasteiger partial charge < -0.3 is 31.9 Å². The van der Waals surface area contributed by atoms with Crippen LogP contribution in [0.2, 0.25) is 0 Å². The molecule has 0 spiro atoms. The molecule has 0 heterocycles. The van der Waals surface area contributed by atoms with Gasteiger partial charge in [0.25, 0.3) is 0 Å². The van der Waals surface area contributed by atoms with Crippen molar-refractivity contribution in [2.75, 3.05) is 6.54 Å². The maximum Gasteiger partial charge on any atom is 0.326 e. The fourth-order valence-electron chi connectivity index (χ4n) is 2.67. The van der Waals surface area contributed by atoms with E-state index in [9.17, 15) is 29.4 Å². The summed E-state index contributed by atoms with van der Waals surface area (Å²) in [5.41, 5.74) is 5.90. The van der Waals surface area contributed by atoms with Crippen LogP contribution in [0.4, 0.5) is 0 Å². The van der Waals surface area contributed by atoms with Gasteiger partial charge in [-0.2, -0.15) is 0 Å². The molecule has 7 N–H and O–H groups in total. The lowest BCUT2D eigenvalue weighted by Crippen LogP contribution is -2.57. The van der Waals surface area contributed by atoms with Gasteiger partial charge in [0.2, 0.25) is 17.7 Å². The Bertz CT molecular complexity index is 752. The summed E-state index contributed by atoms with van der Waals surface area (Å²) in [5.74, 6) is -3.11. The van der Waals surface area contributed by atoms with E-state index < -0.39 is 41.8 Å². The number of carboxylic acid groups (broad SMARTS) is 1. The number of rotatable bonds is 11. The average Bonchev–Trinajstić information content (AvgIpc) is 2.71. The van der Waals surface area contributed by atoms with Gasteiger partial charge >= 0.3 is 5.97 Å². The summed E-state index contributed by atoms with van der Waals surface area (Å²) in [6.07, 6.45) is 0.612. The van der Waals surface area contributed by atoms with Crippen molar-refractivity contribution in [3.63, 3.8) is 0 Å². The summed E-state index contributed by atoms with van der Waals surface area (Å²) in [6.45, 7) is 4.79. The lowest BCUT2D eigenvalue weighted by atomic mass is 9.98. The number of carbonyl (C=O) groups is 4. The van der Waals surface area contributed by atoms with Gasteiger partial charge in [0.05, 0.1) is 6.54 Å². The maximum absolute atomic E-state index is 12.6. The Morgan fingerprint density at radius 2 is 1.60 bits per heavy atom. The van der Waals surface area contributed by atoms with Crippen molar-refractivity contribution in [1.29, 1.82) is 0 Å². The zero-order valence-corrected chi connectivity index (χ0v) is 17.3. The molecule has 0 aliphatic carbocycles. The van der Waals surface area contributed by atoms with E-state index in [1.54, 1.807) is 19.1 Å². The molecule has 0 saturated heterocycles. The fraction of sp³-hybridized carbons (Fsp3) is 0.500. The van der Waals surface area contributed by atoms with Crippen LogP contribution < -0.4 is 21.7 Å². The van der Waals surface area contributed by atoms with Gasteiger partial charge in [-0.3, -0.25) is 14.4 Å². The number of nitrogens with one attached hydrogen (secondary N) is 3. The second-order valence-corrected chi connectivity index (χ2v) is 7.14. The fourth-order valence-corrected chi connectivity index (χ4v) is 2.67. The predicted octanol–water partition coefficient (Wildman–Crippen LogP) is -0.502. The molecule has 0 bridgehead atoms. The minimum absolute atomic E-state index is 0.00404. The SMILES string of the molecule is CCC(C)C(NC(=O)CN)C(=O)NC(C)C(=O)NC(Cc1ccc(O)cc1)C(=O)O. The zero-order valence-electron chi connectivity index (χ0n) is 17.3. The van der Waals surface area contributed by atoms with E-state index in [2.05, 4.69) is 16.0 Å². The highest BCUT2D eigenvalue weighted by molar-refractivity contribution is 5.93. The van der Waals surface area contributed by atoms with E-state index in [0.717, 1.165) is 0 Å². The van der Waals surface area contributed by atoms with Crippen molar-refractivity contribution < 1.29 is 29.4 Å². The number of hydrogen-bond donors (Lipinski definition) is 6. The summed E-state index contributed by atoms with van der Waals surface area (Å²) in [6, 6.07) is 2.84. The molecular formula is C20H30N4O6. The third-order valence-electron chi connectivity index (χ3n) is 4.74. The van der Waals surface area contributed by atoms with E-state index >= 15 is 0 Å². The van der Waals surface area contributed by atoms with Crippen molar-refractivity contribution in [1.82, 2.24) is 16.0 Å². The molecule has 0 aliphatic heterocycles. The van der Waals surface area contributed by atoms with Crippen LogP contribution >= 0.6 is 0 Å². The molecule has 0 fully saturated rings. The van der Waals surface area contributed by atoms with Crippen LogP contribution in [-0.2, 0) is 25.6 Å². The summed E-state index contributed by atoms with van der Waals surface area (Å²) in [7, 11) is 0. The van der Waals surface area contributed by atoms with Crippen LogP contribution in [0.3, 0.4) is 0 Å². The summed E-state index contributed by atoms with van der Waals surface area (Å²) < 4.78 is 0. The van der Waals surface area contributed by atoms with Crippen molar-refractivity contribution in [3.05, 3.63) is 29.8 Å². The van der Waals surface area contributed by atoms with Crippen molar-refractivity contribution in [3.8, 4) is 5.75 Å². The molecular weight excluding hydrogens is 392 g/mol. The molecule has 1 aromatic rings. The Morgan fingerprint density at radius 3 is 2.10 bits per heavy atom. The van der Waals surface area contributed by atoms with Crippen LogP contribution in [0.15, 0.2) is 24.3 Å². The Hall–Kier alpha value is -3.14. The monoisotopic (exact) mass is 422 g/mol. The third kappa shape index (κ3) is 7.70. The first kappa shape index (κ1) is 24.9. The molecule has 0 radical (unpaired) electrons. The number of aromatic hydroxyl groups is 1. The molecule has 0 aromatic heterocycles. The first-order valence-corrected chi connectivity index (χ1v) is 9.69. The molecule has 0 aliphatic rings. The first-order chi connectivity index (χ1) is 14.1. The minimum Gasteiger partial charge on any atom is -0.508 e. The molecule has 4 atom stereocenters. The number of aliphatic carboxylic acids is 1. The lowest BCUT2D eigenvalue weighted by Gasteiger charge is -2.25. The molecule has 10 heteroatoms. The molecule has 4 unspecified atom stereocenters. The summed E-state index contributed by atoms with van der Waals surface area (Å²) >= 11 is 0. The van der Waals surface area contributed by atoms with Crippen LogP contribution in [0.25, 0.3) is 0 Å². The third-order valence-corrected chi connectivity index (χ3v) is 4.74. The lowest BCUT2D eigenvalue weighted by molar-refractivity contribution is -0.142. The van der Waals surface area contributed by atoms with Crippen molar-refractivity contribution in [2.45, 2.75) is 51.7 Å². The Morgan fingerprint density at radius 1 is 1.00 bits per heavy atom. The highest BCUT2D eigenvalue weighted by Crippen LogP contribution is 2.12. The highest BCUT2D eigenvalue weighted by Gasteiger charge is 2.29. The van der Waals surface area contributed by atoms with Gasteiger partial charge in [-0.1, -0.05) is 32.4 Å². The summed E-state index contributed by atoms with van der Waals surface area (Å²) in [5, 5.41) is 26.2. The summed E-state index contributed by atoms with van der Waals surface area (Å²) in [4.78, 5) is 48.1. The predicted molar refractivity (Wildman–Crippen MR) is 109 cm³/mol. The second kappa shape index (κ2) is 11.8. The molecule has 3 amide bonds. The number of carboxylic acids is 1. The molecule has 1 rings (SSSR count). The first-order valence-electron chi connectivity index (χ1n) is 9.69. The van der Waals surface area contributed by atoms with Crippen LogP contribution in [0.1, 0.15) is 32.8 Å². The standard InChI is InChI=1S/C20H30N4O6/c1-4-11(2)17(24-16(26)10-21)19(28)22-12(3)18(27)23-15(20(29)30)9-13-5-7-14(25)8-6-13/h5-8,11-12,15,17,25H,4,9-10,21H2,1-3H3,(H,22,28)(H,23,27)(H,24,26)(H,29,30). The van der Waals surface area contributed by atoms with E-state index in [1.807, 2.05) is 6.92 Å². The molecule has 166 valence electrons. The highest BCUT2D eigenvalue weighted by atomic mass is 16.4. The average molecular weight is 422 g/mol. The second-order valence-electron chi connectivity index (χ2n) is 7.14. The van der Waals surface area contributed by atoms with Gasteiger partial charge in [-0.25, -0.2) is 4.79 Å². The van der Waals surface area contributed by atoms with Gasteiger partial charge in [0.15, 0.2) is 0 Å². The molecule has 30 heavy (non-hydrogen) atoms. The van der Waals surface area contributed by atoms with E-state index in [4.69, 9.17) is 5.73 Å². The van der Waals surface area contributed by atoms with E-state index in [0.29, 0.717) is 12.0 Å². The van der Waals surface area contributed by atoms with Gasteiger partial charge in [0.1, 0.15) is 23.9 Å². The minimum atomic E-state index is -1.23. The van der Waals surface area contributed by atoms with E-state index in [-0.39, 0.29) is 24.6 Å². The maximum atomic E-state index is 12.6. The van der Waals surface area contributed by atoms with Crippen LogP contribution in [0.5, 0.6) is 5.75 Å². The number of nitrogens with two attached hydrogens (primary N) is 1. The Labute approximate surface area is 175 Å². The molecule has 1 aromatic carbocycles. The van der Waals surface area contributed by atoms with E-state index in [1.165, 1.54) is 19.1 Å². The van der Waals surface area contributed by atoms with Crippen LogP contribution in [0, 0.1) is 5.92 Å². The number of amides is 3. The number of hydrogen-bond acceptors (Lipinski definition) is 6. The normalized spacial score (nSPS) is 14.7. The van der Waals surface area contributed by atoms with Gasteiger partial charge in [-0.15, -0.1) is 0 Å². The Kier molecular flexibility index (Phi) is 9.76. The largest absolute Gasteiger partial charge is 0.508 e. The molecule has 10 nitrogen and oxygen atoms in total. The zero-order chi connectivity index (χ0) is 22.8. The quantitative estimate of drug-likeness (QED) is 0.279. The smallest absolute Gasteiger partial charge is 0.326 e. The van der Waals surface area contributed by atoms with Gasteiger partial charge in [-0.05, 0) is 30.5 Å². The number of phenolic OH excluding ortho intramolecular Hbond substituents is 1. The Balaban J connectivity index is 2.77. The number of phenols is 1. The van der Waals surface area contributed by atoms with Crippen molar-refractivity contribution >= 4 is 23.7 Å². The molecule has 0 saturated carbocycles. The van der Waals surface area contributed by atoms with Crippen LogP contribution in [-0.4, -0.2) is 58.6 Å². The number of carbonyl (C=O) groups excluding carboxylic acids is 3. The van der Waals surface area contributed by atoms with Crippen molar-refractivity contribution in [2.24, 2.45) is 11.7 Å². The number of benzene rings is 1. The van der Waals surface area contributed by atoms with Gasteiger partial charge in [0, 0.05) is 6.42 Å².